The molecule has 2 heterocycles. The van der Waals surface area contributed by atoms with Gasteiger partial charge in [-0.15, -0.1) is 0 Å². The lowest BCUT2D eigenvalue weighted by atomic mass is 9.92. The summed E-state index contributed by atoms with van der Waals surface area (Å²) < 4.78 is 0. The Morgan fingerprint density at radius 3 is 1.39 bits per heavy atom. The molecule has 0 atom stereocenters. The molecule has 0 spiro atoms. The second-order valence-corrected chi connectivity index (χ2v) is 10.8. The Labute approximate surface area is 218 Å². The molecule has 2 nitrogen and oxygen atoms in total. The zero-order valence-corrected chi connectivity index (χ0v) is 22.0. The highest BCUT2D eigenvalue weighted by atomic mass is 15.1. The van der Waals surface area contributed by atoms with Crippen molar-refractivity contribution in [3.05, 3.63) is 94.5 Å². The van der Waals surface area contributed by atoms with Crippen molar-refractivity contribution in [1.82, 2.24) is 0 Å². The predicted molar refractivity (Wildman–Crippen MR) is 159 cm³/mol. The summed E-state index contributed by atoms with van der Waals surface area (Å²) in [6.07, 6.45) is 15.4. The molecule has 0 amide bonds. The van der Waals surface area contributed by atoms with E-state index in [9.17, 15) is 0 Å². The summed E-state index contributed by atoms with van der Waals surface area (Å²) in [4.78, 5) is 4.98. The first-order valence-corrected chi connectivity index (χ1v) is 13.8. The average Bonchev–Trinajstić information content (AvgIpc) is 3.63. The summed E-state index contributed by atoms with van der Waals surface area (Å²) in [6.45, 7) is 9.38. The van der Waals surface area contributed by atoms with E-state index in [4.69, 9.17) is 0 Å². The van der Waals surface area contributed by atoms with E-state index in [1.54, 1.807) is 0 Å². The highest BCUT2D eigenvalue weighted by molar-refractivity contribution is 5.77. The van der Waals surface area contributed by atoms with Gasteiger partial charge in [0, 0.05) is 37.6 Å². The third kappa shape index (κ3) is 6.10. The van der Waals surface area contributed by atoms with E-state index in [1.807, 2.05) is 0 Å². The summed E-state index contributed by atoms with van der Waals surface area (Å²) in [5, 5.41) is 0. The summed E-state index contributed by atoms with van der Waals surface area (Å²) in [7, 11) is 0. The van der Waals surface area contributed by atoms with Gasteiger partial charge in [0.2, 0.25) is 0 Å². The van der Waals surface area contributed by atoms with Gasteiger partial charge in [0.05, 0.1) is 0 Å². The minimum Gasteiger partial charge on any atom is -0.372 e. The number of anilines is 2. The van der Waals surface area contributed by atoms with E-state index in [1.165, 1.54) is 91.1 Å². The molecule has 2 aliphatic rings. The first kappa shape index (κ1) is 24.4. The van der Waals surface area contributed by atoms with Crippen LogP contribution in [0.25, 0.3) is 24.3 Å². The van der Waals surface area contributed by atoms with Crippen LogP contribution in [0.2, 0.25) is 0 Å². The molecule has 0 saturated carbocycles. The van der Waals surface area contributed by atoms with Crippen molar-refractivity contribution in [1.29, 1.82) is 0 Å². The van der Waals surface area contributed by atoms with E-state index < -0.39 is 0 Å². The number of nitrogens with zero attached hydrogens (tertiary/aromatic N) is 2. The molecule has 2 aliphatic heterocycles. The summed E-state index contributed by atoms with van der Waals surface area (Å²) in [6, 6.07) is 24.8. The average molecular weight is 477 g/mol. The van der Waals surface area contributed by atoms with Crippen molar-refractivity contribution < 1.29 is 0 Å². The van der Waals surface area contributed by atoms with E-state index in [0.29, 0.717) is 5.92 Å². The fraction of sp³-hybridized carbons (Fsp3) is 0.353. The van der Waals surface area contributed by atoms with E-state index in [2.05, 4.69) is 115 Å². The topological polar surface area (TPSA) is 6.48 Å². The molecule has 3 aromatic rings. The minimum atomic E-state index is 0.603. The van der Waals surface area contributed by atoms with Crippen LogP contribution in [-0.4, -0.2) is 26.2 Å². The molecule has 2 saturated heterocycles. The van der Waals surface area contributed by atoms with Crippen LogP contribution in [0.5, 0.6) is 0 Å². The molecule has 0 aromatic heterocycles. The van der Waals surface area contributed by atoms with Gasteiger partial charge in [-0.05, 0) is 90.1 Å². The fourth-order valence-electron chi connectivity index (χ4n) is 5.49. The lowest BCUT2D eigenvalue weighted by Crippen LogP contribution is -2.17. The molecule has 3 aromatic carbocycles. The SMILES string of the molecule is CC(C)Cc1c(/C=C/c2ccc(N3CCCC3)cc2)cccc1/C=C/c1ccc(N2CCCC2)cc1. The Hall–Kier alpha value is -3.26. The minimum absolute atomic E-state index is 0.603. The van der Waals surface area contributed by atoms with Crippen molar-refractivity contribution in [3.63, 3.8) is 0 Å². The van der Waals surface area contributed by atoms with Gasteiger partial charge in [0.1, 0.15) is 0 Å². The van der Waals surface area contributed by atoms with Crippen LogP contribution in [-0.2, 0) is 6.42 Å². The van der Waals surface area contributed by atoms with Crippen molar-refractivity contribution in [3.8, 4) is 0 Å². The predicted octanol–water partition coefficient (Wildman–Crippen LogP) is 8.43. The number of hydrogen-bond acceptors (Lipinski definition) is 2. The molecular formula is C34H40N2. The standard InChI is InChI=1S/C34H40N2/c1-27(2)26-34-30(16-10-28-12-18-32(19-13-28)35-22-3-4-23-35)8-7-9-31(34)17-11-29-14-20-33(21-15-29)36-24-5-6-25-36/h7-21,27H,3-6,22-26H2,1-2H3/b16-10+,17-11+. The molecule has 2 fully saturated rings. The van der Waals surface area contributed by atoms with Crippen LogP contribution in [0.15, 0.2) is 66.7 Å². The maximum Gasteiger partial charge on any atom is 0.0366 e. The molecule has 2 heteroatoms. The van der Waals surface area contributed by atoms with Crippen LogP contribution in [0, 0.1) is 5.92 Å². The first-order valence-electron chi connectivity index (χ1n) is 13.8. The van der Waals surface area contributed by atoms with Crippen LogP contribution in [0.1, 0.15) is 67.3 Å². The Morgan fingerprint density at radius 1 is 0.583 bits per heavy atom. The van der Waals surface area contributed by atoms with Gasteiger partial charge in [0.15, 0.2) is 0 Å². The van der Waals surface area contributed by atoms with Gasteiger partial charge in [-0.2, -0.15) is 0 Å². The Bertz CT molecular complexity index is 1090. The van der Waals surface area contributed by atoms with Crippen molar-refractivity contribution >= 4 is 35.7 Å². The van der Waals surface area contributed by atoms with E-state index >= 15 is 0 Å². The smallest absolute Gasteiger partial charge is 0.0366 e. The molecule has 0 aliphatic carbocycles. The summed E-state index contributed by atoms with van der Waals surface area (Å²) in [5.74, 6) is 0.603. The first-order chi connectivity index (χ1) is 17.7. The Balaban J connectivity index is 1.34. The number of rotatable bonds is 8. The summed E-state index contributed by atoms with van der Waals surface area (Å²) in [5.41, 5.74) is 9.29. The van der Waals surface area contributed by atoms with Gasteiger partial charge in [-0.3, -0.25) is 0 Å². The van der Waals surface area contributed by atoms with Crippen molar-refractivity contribution in [2.75, 3.05) is 36.0 Å². The second-order valence-electron chi connectivity index (χ2n) is 10.8. The van der Waals surface area contributed by atoms with Crippen molar-refractivity contribution in [2.24, 2.45) is 5.92 Å². The van der Waals surface area contributed by atoms with Gasteiger partial charge in [0.25, 0.3) is 0 Å². The lowest BCUT2D eigenvalue weighted by Gasteiger charge is -2.17. The Kier molecular flexibility index (Phi) is 7.91. The fourth-order valence-corrected chi connectivity index (χ4v) is 5.49. The van der Waals surface area contributed by atoms with E-state index in [-0.39, 0.29) is 0 Å². The molecule has 36 heavy (non-hydrogen) atoms. The number of hydrogen-bond donors (Lipinski definition) is 0. The molecule has 5 rings (SSSR count). The molecule has 186 valence electrons. The van der Waals surface area contributed by atoms with Crippen LogP contribution < -0.4 is 9.80 Å². The third-order valence-electron chi connectivity index (χ3n) is 7.50. The third-order valence-corrected chi connectivity index (χ3v) is 7.50. The quantitative estimate of drug-likeness (QED) is 0.301. The highest BCUT2D eigenvalue weighted by Gasteiger charge is 2.13. The van der Waals surface area contributed by atoms with Crippen LogP contribution in [0.4, 0.5) is 11.4 Å². The second kappa shape index (κ2) is 11.6. The lowest BCUT2D eigenvalue weighted by molar-refractivity contribution is 0.646. The van der Waals surface area contributed by atoms with Crippen LogP contribution in [0.3, 0.4) is 0 Å². The highest BCUT2D eigenvalue weighted by Crippen LogP contribution is 2.26. The maximum atomic E-state index is 2.49. The zero-order valence-electron chi connectivity index (χ0n) is 22.0. The van der Waals surface area contributed by atoms with E-state index in [0.717, 1.165) is 6.42 Å². The number of benzene rings is 3. The largest absolute Gasteiger partial charge is 0.372 e. The Morgan fingerprint density at radius 2 is 1.00 bits per heavy atom. The van der Waals surface area contributed by atoms with Crippen LogP contribution >= 0.6 is 0 Å². The van der Waals surface area contributed by atoms with Gasteiger partial charge in [-0.25, -0.2) is 0 Å². The molecule has 0 bridgehead atoms. The monoisotopic (exact) mass is 476 g/mol. The zero-order chi connectivity index (χ0) is 24.7. The molecule has 0 unspecified atom stereocenters. The molecule has 0 N–H and O–H groups in total. The molecule has 0 radical (unpaired) electrons. The summed E-state index contributed by atoms with van der Waals surface area (Å²) >= 11 is 0. The van der Waals surface area contributed by atoms with Gasteiger partial charge in [-0.1, -0.05) is 80.6 Å². The van der Waals surface area contributed by atoms with Gasteiger partial charge >= 0.3 is 0 Å². The molecular weight excluding hydrogens is 436 g/mol. The van der Waals surface area contributed by atoms with Crippen molar-refractivity contribution in [2.45, 2.75) is 46.0 Å². The maximum absolute atomic E-state index is 2.49. The normalized spacial score (nSPS) is 16.3. The van der Waals surface area contributed by atoms with Gasteiger partial charge < -0.3 is 9.80 Å².